The van der Waals surface area contributed by atoms with Gasteiger partial charge >= 0.3 is 5.97 Å². The Morgan fingerprint density at radius 2 is 1.93 bits per heavy atom. The molecule has 6 nitrogen and oxygen atoms in total. The average Bonchev–Trinajstić information content (AvgIpc) is 3.08. The quantitative estimate of drug-likeness (QED) is 0.573. The second kappa shape index (κ2) is 7.01. The molecule has 1 aliphatic rings. The summed E-state index contributed by atoms with van der Waals surface area (Å²) in [5.74, 6) is -1.63. The zero-order valence-corrected chi connectivity index (χ0v) is 16.9. The van der Waals surface area contributed by atoms with Crippen LogP contribution in [0.4, 0.5) is 9.39 Å². The van der Waals surface area contributed by atoms with E-state index >= 15 is 0 Å². The number of benzene rings is 1. The van der Waals surface area contributed by atoms with Gasteiger partial charge in [0.2, 0.25) is 0 Å². The lowest BCUT2D eigenvalue weighted by molar-refractivity contribution is -0.139. The number of nitrogens with zero attached hydrogens (tertiary/aromatic N) is 2. The summed E-state index contributed by atoms with van der Waals surface area (Å²) in [6.07, 6.45) is 1.27. The van der Waals surface area contributed by atoms with E-state index in [0.29, 0.717) is 15.6 Å². The van der Waals surface area contributed by atoms with Crippen molar-refractivity contribution in [2.75, 3.05) is 4.31 Å². The fourth-order valence-electron chi connectivity index (χ4n) is 3.80. The number of aromatic nitrogens is 1. The molecule has 2 heterocycles. The fourth-order valence-corrected chi connectivity index (χ4v) is 5.89. The molecule has 0 bridgehead atoms. The van der Waals surface area contributed by atoms with Crippen molar-refractivity contribution in [2.45, 2.75) is 24.3 Å². The minimum atomic E-state index is -2.57. The first-order valence-electron chi connectivity index (χ1n) is 8.71. The summed E-state index contributed by atoms with van der Waals surface area (Å²) in [4.78, 5) is 17.0. The Morgan fingerprint density at radius 3 is 2.52 bits per heavy atom. The van der Waals surface area contributed by atoms with E-state index in [4.69, 9.17) is 0 Å². The van der Waals surface area contributed by atoms with E-state index in [-0.39, 0.29) is 6.42 Å². The molecule has 0 amide bonds. The Bertz CT molecular complexity index is 1090. The van der Waals surface area contributed by atoms with Crippen LogP contribution in [0, 0.1) is 5.82 Å². The van der Waals surface area contributed by atoms with Gasteiger partial charge in [0.05, 0.1) is 16.8 Å². The molecule has 2 N–H and O–H groups in total. The summed E-state index contributed by atoms with van der Waals surface area (Å²) in [6, 6.07) is 15.2. The molecule has 2 aromatic heterocycles. The summed E-state index contributed by atoms with van der Waals surface area (Å²) in [7, 11) is 0. The van der Waals surface area contributed by atoms with Gasteiger partial charge in [0, 0.05) is 5.41 Å². The van der Waals surface area contributed by atoms with E-state index in [0.717, 1.165) is 27.4 Å². The number of aliphatic carboxylic acids is 1. The summed E-state index contributed by atoms with van der Waals surface area (Å²) < 4.78 is 36.6. The van der Waals surface area contributed by atoms with Crippen LogP contribution >= 0.6 is 11.3 Å². The van der Waals surface area contributed by atoms with Crippen LogP contribution in [0.15, 0.2) is 60.8 Å². The van der Waals surface area contributed by atoms with Gasteiger partial charge < -0.3 is 5.11 Å². The first-order chi connectivity index (χ1) is 13.8. The number of hydrogen-bond donors (Lipinski definition) is 2. The third-order valence-electron chi connectivity index (χ3n) is 5.44. The molecule has 9 heteroatoms. The fraction of sp³-hybridized carbons (Fsp3) is 0.200. The Labute approximate surface area is 173 Å². The van der Waals surface area contributed by atoms with Gasteiger partial charge in [-0.1, -0.05) is 37.3 Å². The van der Waals surface area contributed by atoms with Crippen molar-refractivity contribution < 1.29 is 23.1 Å². The van der Waals surface area contributed by atoms with Crippen molar-refractivity contribution >= 4 is 33.6 Å². The largest absolute Gasteiger partial charge is 0.479 e. The minimum absolute atomic E-state index is 0.188. The predicted octanol–water partition coefficient (Wildman–Crippen LogP) is 4.08. The summed E-state index contributed by atoms with van der Waals surface area (Å²) in [6.45, 7) is 1.78. The van der Waals surface area contributed by atoms with Crippen LogP contribution in [0.5, 0.6) is 0 Å². The Kier molecular flexibility index (Phi) is 4.76. The first-order valence-corrected chi connectivity index (χ1v) is 10.6. The zero-order valence-electron chi connectivity index (χ0n) is 15.3. The van der Waals surface area contributed by atoms with Crippen molar-refractivity contribution in [3.8, 4) is 10.6 Å². The highest BCUT2D eigenvalue weighted by atomic mass is 32.2. The zero-order chi connectivity index (χ0) is 20.8. The van der Waals surface area contributed by atoms with E-state index in [2.05, 4.69) is 4.98 Å². The van der Waals surface area contributed by atoms with Crippen LogP contribution in [-0.2, 0) is 21.5 Å². The molecular weight excluding hydrogens is 415 g/mol. The van der Waals surface area contributed by atoms with E-state index in [1.807, 2.05) is 30.3 Å². The van der Waals surface area contributed by atoms with Crippen molar-refractivity contribution in [1.29, 1.82) is 0 Å². The number of pyridine rings is 1. The molecule has 4 rings (SSSR count). The van der Waals surface area contributed by atoms with Crippen LogP contribution in [-0.4, -0.2) is 30.4 Å². The van der Waals surface area contributed by atoms with Gasteiger partial charge in [-0.25, -0.2) is 17.7 Å². The lowest BCUT2D eigenvalue weighted by atomic mass is 9.92. The smallest absolute Gasteiger partial charge is 0.331 e. The molecule has 0 saturated heterocycles. The van der Waals surface area contributed by atoms with Crippen molar-refractivity contribution in [2.24, 2.45) is 0 Å². The number of thiophene rings is 1. The normalized spacial score (nSPS) is 24.1. The maximum Gasteiger partial charge on any atom is 0.331 e. The maximum absolute atomic E-state index is 13.1. The van der Waals surface area contributed by atoms with Gasteiger partial charge in [-0.05, 0) is 36.2 Å². The standard InChI is InChI=1S/C20H17FN2O4S2/c1-19(13-5-3-2-4-6-13)12-20(19,18(24)25)23(29(26)27)17-10-9-16(28-17)15-8-7-14(21)11-22-15/h2-11H,12H2,1H3,(H,24,25)(H,26,27). The van der Waals surface area contributed by atoms with Gasteiger partial charge in [-0.15, -0.1) is 11.3 Å². The monoisotopic (exact) mass is 432 g/mol. The third kappa shape index (κ3) is 3.06. The molecule has 1 aliphatic carbocycles. The van der Waals surface area contributed by atoms with Crippen LogP contribution in [0.25, 0.3) is 10.6 Å². The SMILES string of the molecule is CC1(c2ccccc2)CC1(C(=O)O)N(c1ccc(-c2ccc(F)cn2)s1)S(=O)O. The third-order valence-corrected chi connectivity index (χ3v) is 7.47. The number of carbonyl (C=O) groups is 1. The number of hydrogen-bond acceptors (Lipinski definition) is 4. The number of anilines is 1. The topological polar surface area (TPSA) is 90.7 Å². The van der Waals surface area contributed by atoms with Gasteiger partial charge in [0.25, 0.3) is 11.3 Å². The lowest BCUT2D eigenvalue weighted by Crippen LogP contribution is -2.49. The van der Waals surface area contributed by atoms with Gasteiger partial charge in [0.15, 0.2) is 5.54 Å². The molecule has 0 aliphatic heterocycles. The molecule has 3 unspecified atom stereocenters. The van der Waals surface area contributed by atoms with E-state index in [1.54, 1.807) is 19.1 Å². The Morgan fingerprint density at radius 1 is 1.21 bits per heavy atom. The van der Waals surface area contributed by atoms with E-state index in [9.17, 15) is 23.1 Å². The number of carboxylic acid groups (broad SMARTS) is 1. The molecule has 29 heavy (non-hydrogen) atoms. The van der Waals surface area contributed by atoms with Crippen molar-refractivity contribution in [3.63, 3.8) is 0 Å². The molecule has 1 fully saturated rings. The van der Waals surface area contributed by atoms with Crippen LogP contribution in [0.2, 0.25) is 0 Å². The Balaban J connectivity index is 1.77. The van der Waals surface area contributed by atoms with Crippen LogP contribution in [0.1, 0.15) is 18.9 Å². The first kappa shape index (κ1) is 19.7. The summed E-state index contributed by atoms with van der Waals surface area (Å²) >= 11 is -1.43. The minimum Gasteiger partial charge on any atom is -0.479 e. The van der Waals surface area contributed by atoms with Gasteiger partial charge in [-0.2, -0.15) is 0 Å². The molecule has 3 atom stereocenters. The lowest BCUT2D eigenvalue weighted by Gasteiger charge is -2.30. The van der Waals surface area contributed by atoms with E-state index < -0.39 is 34.0 Å². The molecule has 3 aromatic rings. The van der Waals surface area contributed by atoms with Crippen LogP contribution < -0.4 is 4.31 Å². The second-order valence-electron chi connectivity index (χ2n) is 7.06. The number of carboxylic acids is 1. The molecule has 1 aromatic carbocycles. The number of rotatable bonds is 6. The van der Waals surface area contributed by atoms with Crippen molar-refractivity contribution in [1.82, 2.24) is 4.98 Å². The highest BCUT2D eigenvalue weighted by molar-refractivity contribution is 7.81. The number of halogens is 1. The maximum atomic E-state index is 13.1. The molecule has 1 saturated carbocycles. The molecular formula is C20H17FN2O4S2. The second-order valence-corrected chi connectivity index (χ2v) is 8.95. The van der Waals surface area contributed by atoms with Crippen LogP contribution in [0.3, 0.4) is 0 Å². The van der Waals surface area contributed by atoms with Crippen molar-refractivity contribution in [3.05, 3.63) is 72.2 Å². The highest BCUT2D eigenvalue weighted by Gasteiger charge is 2.75. The highest BCUT2D eigenvalue weighted by Crippen LogP contribution is 2.62. The molecule has 150 valence electrons. The predicted molar refractivity (Wildman–Crippen MR) is 110 cm³/mol. The van der Waals surface area contributed by atoms with Gasteiger partial charge in [0.1, 0.15) is 10.8 Å². The summed E-state index contributed by atoms with van der Waals surface area (Å²) in [5.41, 5.74) is -1.12. The molecule has 0 spiro atoms. The van der Waals surface area contributed by atoms with E-state index in [1.165, 1.54) is 12.1 Å². The van der Waals surface area contributed by atoms with Gasteiger partial charge in [-0.3, -0.25) is 9.54 Å². The average molecular weight is 432 g/mol. The Hall–Kier alpha value is -2.62. The summed E-state index contributed by atoms with van der Waals surface area (Å²) in [5, 5.41) is 10.4. The molecule has 0 radical (unpaired) electrons.